The molecule has 0 N–H and O–H groups in total. The summed E-state index contributed by atoms with van der Waals surface area (Å²) >= 11 is 0. The number of fused-ring (bicyclic) bond motifs is 2. The Labute approximate surface area is 236 Å². The molecule has 41 heavy (non-hydrogen) atoms. The second-order valence-electron chi connectivity index (χ2n) is 10.3. The molecule has 2 aliphatic heterocycles. The first-order chi connectivity index (χ1) is 19.3. The second kappa shape index (κ2) is 11.7. The number of nitrogens with zero attached hydrogens (tertiary/aromatic N) is 1. The van der Waals surface area contributed by atoms with Gasteiger partial charge in [0, 0.05) is 33.1 Å². The van der Waals surface area contributed by atoms with Crippen LogP contribution < -0.4 is 4.74 Å². The molecule has 1 aromatic carbocycles. The summed E-state index contributed by atoms with van der Waals surface area (Å²) in [6, 6.07) is 5.11. The highest BCUT2D eigenvalue weighted by atomic mass is 16.7. The zero-order valence-electron chi connectivity index (χ0n) is 23.5. The molecule has 3 aliphatic rings. The largest absolute Gasteiger partial charge is 0.463 e. The number of allylic oxidation sites excluding steroid dienone is 4. The molecule has 12 heteroatoms. The number of esters is 4. The number of carbonyl (C=O) groups excluding carboxylic acids is 5. The van der Waals surface area contributed by atoms with E-state index in [0.717, 1.165) is 31.9 Å². The summed E-state index contributed by atoms with van der Waals surface area (Å²) < 4.78 is 33.6. The third-order valence-corrected chi connectivity index (χ3v) is 6.72. The first-order valence-electron chi connectivity index (χ1n) is 12.9. The Kier molecular flexibility index (Phi) is 8.43. The molecule has 0 saturated carbocycles. The van der Waals surface area contributed by atoms with E-state index in [1.807, 2.05) is 13.8 Å². The Morgan fingerprint density at radius 1 is 0.878 bits per heavy atom. The first kappa shape index (κ1) is 29.7. The molecular weight excluding hydrogens is 538 g/mol. The minimum atomic E-state index is -1.38. The number of hydrogen-bond acceptors (Lipinski definition) is 12. The van der Waals surface area contributed by atoms with Gasteiger partial charge in [-0.05, 0) is 47.6 Å². The smallest absolute Gasteiger partial charge is 0.303 e. The molecular formula is C29H31NO11. The van der Waals surface area contributed by atoms with Gasteiger partial charge in [-0.15, -0.1) is 0 Å². The van der Waals surface area contributed by atoms with E-state index in [0.29, 0.717) is 11.4 Å². The minimum absolute atomic E-state index is 0.139. The van der Waals surface area contributed by atoms with Gasteiger partial charge in [-0.3, -0.25) is 24.0 Å². The van der Waals surface area contributed by atoms with E-state index in [1.165, 1.54) is 13.0 Å². The standard InChI is InChI=1S/C29H31NO11/c1-14(31)36-13-24-25(37-15(2)32)26(38-16(3)33)27(39-17(4)34)28(41-24)40-19-8-10-23-21(12-19)29(5,6)20-11-18(35)7-9-22(20)30-23/h7-12,24-28H,13H2,1-6H3/t24-,25-,26+,27-,28-/m1/s1. The summed E-state index contributed by atoms with van der Waals surface area (Å²) in [5.74, 6) is -2.69. The van der Waals surface area contributed by atoms with Gasteiger partial charge < -0.3 is 28.4 Å². The number of aliphatic imine (C=N–C) groups is 1. The van der Waals surface area contributed by atoms with Crippen LogP contribution in [0.2, 0.25) is 0 Å². The van der Waals surface area contributed by atoms with Gasteiger partial charge in [0.05, 0.1) is 11.4 Å². The summed E-state index contributed by atoms with van der Waals surface area (Å²) in [6.45, 7) is 8.16. The van der Waals surface area contributed by atoms with Gasteiger partial charge in [0.15, 0.2) is 18.0 Å². The Bertz CT molecular complexity index is 1370. The molecule has 0 spiro atoms. The second-order valence-corrected chi connectivity index (χ2v) is 10.3. The molecule has 218 valence electrons. The Balaban J connectivity index is 1.73. The van der Waals surface area contributed by atoms with E-state index in [2.05, 4.69) is 4.99 Å². The quantitative estimate of drug-likeness (QED) is 0.270. The summed E-state index contributed by atoms with van der Waals surface area (Å²) in [5.41, 5.74) is 2.26. The van der Waals surface area contributed by atoms with Crippen LogP contribution in [0, 0.1) is 0 Å². The fraction of sp³-hybridized carbons (Fsp3) is 0.448. The number of benzene rings is 1. The van der Waals surface area contributed by atoms with Crippen LogP contribution >= 0.6 is 0 Å². The molecule has 0 amide bonds. The summed E-state index contributed by atoms with van der Waals surface area (Å²) in [4.78, 5) is 64.4. The highest BCUT2D eigenvalue weighted by molar-refractivity contribution is 6.22. The van der Waals surface area contributed by atoms with Crippen LogP contribution in [0.1, 0.15) is 47.1 Å². The molecule has 0 radical (unpaired) electrons. The molecule has 1 aliphatic carbocycles. The molecule has 1 fully saturated rings. The molecule has 1 aromatic rings. The van der Waals surface area contributed by atoms with Crippen LogP contribution in [-0.2, 0) is 53.1 Å². The number of rotatable bonds is 7. The van der Waals surface area contributed by atoms with Gasteiger partial charge in [-0.2, -0.15) is 0 Å². The predicted molar refractivity (Wildman–Crippen MR) is 141 cm³/mol. The third-order valence-electron chi connectivity index (χ3n) is 6.72. The Morgan fingerprint density at radius 3 is 2.15 bits per heavy atom. The van der Waals surface area contributed by atoms with Gasteiger partial charge in [0.2, 0.25) is 12.4 Å². The minimum Gasteiger partial charge on any atom is -0.463 e. The van der Waals surface area contributed by atoms with Crippen LogP contribution in [0.15, 0.2) is 47.0 Å². The maximum Gasteiger partial charge on any atom is 0.303 e. The van der Waals surface area contributed by atoms with Crippen molar-refractivity contribution < 1.29 is 52.4 Å². The third kappa shape index (κ3) is 6.54. The molecule has 4 rings (SSSR count). The van der Waals surface area contributed by atoms with Crippen LogP contribution in [0.5, 0.6) is 5.75 Å². The van der Waals surface area contributed by atoms with Crippen LogP contribution in [0.3, 0.4) is 0 Å². The van der Waals surface area contributed by atoms with Crippen molar-refractivity contribution in [3.05, 3.63) is 47.6 Å². The lowest BCUT2D eigenvalue weighted by Gasteiger charge is -2.44. The van der Waals surface area contributed by atoms with Crippen LogP contribution in [0.4, 0.5) is 5.69 Å². The molecule has 0 aromatic heterocycles. The van der Waals surface area contributed by atoms with Crippen molar-refractivity contribution in [2.24, 2.45) is 4.99 Å². The van der Waals surface area contributed by atoms with Gasteiger partial charge in [-0.25, -0.2) is 4.99 Å². The number of carbonyl (C=O) groups is 5. The van der Waals surface area contributed by atoms with E-state index < -0.39 is 60.0 Å². The van der Waals surface area contributed by atoms with Gasteiger partial charge in [-0.1, -0.05) is 13.8 Å². The lowest BCUT2D eigenvalue weighted by Crippen LogP contribution is -2.63. The fourth-order valence-electron chi connectivity index (χ4n) is 4.99. The first-order valence-corrected chi connectivity index (χ1v) is 12.9. The zero-order chi connectivity index (χ0) is 30.1. The summed E-state index contributed by atoms with van der Waals surface area (Å²) in [7, 11) is 0. The van der Waals surface area contributed by atoms with Crippen LogP contribution in [-0.4, -0.2) is 72.7 Å². The van der Waals surface area contributed by atoms with Gasteiger partial charge in [0.25, 0.3) is 0 Å². The van der Waals surface area contributed by atoms with Crippen molar-refractivity contribution in [2.45, 2.75) is 77.7 Å². The fourth-order valence-corrected chi connectivity index (χ4v) is 4.99. The summed E-state index contributed by atoms with van der Waals surface area (Å²) in [5, 5.41) is 0. The monoisotopic (exact) mass is 569 g/mol. The number of hydrogen-bond donors (Lipinski definition) is 0. The van der Waals surface area contributed by atoms with Crippen molar-refractivity contribution in [1.82, 2.24) is 0 Å². The maximum atomic E-state index is 12.1. The maximum absolute atomic E-state index is 12.1. The Morgan fingerprint density at radius 2 is 1.51 bits per heavy atom. The van der Waals surface area contributed by atoms with E-state index in [1.54, 1.807) is 30.4 Å². The van der Waals surface area contributed by atoms with E-state index in [-0.39, 0.29) is 18.1 Å². The van der Waals surface area contributed by atoms with Crippen molar-refractivity contribution in [2.75, 3.05) is 6.61 Å². The normalized spacial score (nSPS) is 25.9. The van der Waals surface area contributed by atoms with Gasteiger partial charge >= 0.3 is 23.9 Å². The highest BCUT2D eigenvalue weighted by Gasteiger charge is 2.53. The van der Waals surface area contributed by atoms with E-state index >= 15 is 0 Å². The lowest BCUT2D eigenvalue weighted by molar-refractivity contribution is -0.288. The molecule has 0 bridgehead atoms. The Hall–Kier alpha value is -4.32. The molecule has 1 saturated heterocycles. The average Bonchev–Trinajstić information content (AvgIpc) is 2.86. The van der Waals surface area contributed by atoms with E-state index in [9.17, 15) is 24.0 Å². The average molecular weight is 570 g/mol. The van der Waals surface area contributed by atoms with Crippen molar-refractivity contribution in [1.29, 1.82) is 0 Å². The lowest BCUT2D eigenvalue weighted by atomic mass is 9.71. The van der Waals surface area contributed by atoms with Crippen molar-refractivity contribution >= 4 is 41.1 Å². The predicted octanol–water partition coefficient (Wildman–Crippen LogP) is 2.58. The van der Waals surface area contributed by atoms with Crippen molar-refractivity contribution in [3.63, 3.8) is 0 Å². The van der Waals surface area contributed by atoms with Crippen LogP contribution in [0.25, 0.3) is 0 Å². The SMILES string of the molecule is CC(=O)OC[C@H]1O[C@@H](Oc2ccc3c(c2)C(C)(C)C2=CC(=O)C=CC2=N3)[C@H](OC(C)=O)[C@@H](OC(C)=O)[C@@H]1OC(C)=O. The van der Waals surface area contributed by atoms with E-state index in [4.69, 9.17) is 28.4 Å². The molecule has 0 unspecified atom stereocenters. The number of ketones is 1. The molecule has 5 atom stereocenters. The molecule has 2 heterocycles. The number of ether oxygens (including phenoxy) is 6. The topological polar surface area (TPSA) is 153 Å². The highest BCUT2D eigenvalue weighted by Crippen LogP contribution is 2.45. The zero-order valence-corrected chi connectivity index (χ0v) is 23.5. The van der Waals surface area contributed by atoms with Crippen molar-refractivity contribution in [3.8, 4) is 5.75 Å². The summed E-state index contributed by atoms with van der Waals surface area (Å²) in [6.07, 6.45) is -1.84. The molecule has 12 nitrogen and oxygen atoms in total. The van der Waals surface area contributed by atoms with Gasteiger partial charge in [0.1, 0.15) is 18.5 Å².